The van der Waals surface area contributed by atoms with Crippen molar-refractivity contribution >= 4 is 23.2 Å². The third-order valence-electron chi connectivity index (χ3n) is 3.28. The first-order chi connectivity index (χ1) is 11.9. The fourth-order valence-corrected chi connectivity index (χ4v) is 2.30. The summed E-state index contributed by atoms with van der Waals surface area (Å²) >= 11 is 5.84. The van der Waals surface area contributed by atoms with Crippen molar-refractivity contribution < 1.29 is 9.18 Å². The third-order valence-corrected chi connectivity index (χ3v) is 3.50. The highest BCUT2D eigenvalue weighted by molar-refractivity contribution is 6.30. The molecule has 0 bridgehead atoms. The quantitative estimate of drug-likeness (QED) is 0.774. The van der Waals surface area contributed by atoms with Gasteiger partial charge in [0.2, 0.25) is 0 Å². The van der Waals surface area contributed by atoms with Crippen LogP contribution in [0.5, 0.6) is 0 Å². The summed E-state index contributed by atoms with van der Waals surface area (Å²) in [5.41, 5.74) is 0.670. The van der Waals surface area contributed by atoms with Gasteiger partial charge in [-0.2, -0.15) is 5.10 Å². The predicted octanol–water partition coefficient (Wildman–Crippen LogP) is 2.28. The smallest absolute Gasteiger partial charge is 0.274 e. The molecule has 0 saturated carbocycles. The molecule has 1 N–H and O–H groups in total. The molecule has 126 valence electrons. The molecular weight excluding hydrogens is 349 g/mol. The summed E-state index contributed by atoms with van der Waals surface area (Å²) in [6.07, 6.45) is 2.53. The first-order valence-corrected chi connectivity index (χ1v) is 7.43. The lowest BCUT2D eigenvalue weighted by Crippen LogP contribution is -2.21. The van der Waals surface area contributed by atoms with Crippen LogP contribution in [0.3, 0.4) is 0 Å². The number of hydrogen-bond donors (Lipinski definition) is 1. The second kappa shape index (κ2) is 6.78. The lowest BCUT2D eigenvalue weighted by Gasteiger charge is -2.06. The summed E-state index contributed by atoms with van der Waals surface area (Å²) in [5, 5.41) is 6.55. The van der Waals surface area contributed by atoms with Crippen molar-refractivity contribution in [3.05, 3.63) is 69.7 Å². The highest BCUT2D eigenvalue weighted by Gasteiger charge is 2.12. The Morgan fingerprint density at radius 3 is 2.72 bits per heavy atom. The Bertz CT molecular complexity index is 1000. The molecule has 0 atom stereocenters. The van der Waals surface area contributed by atoms with Crippen LogP contribution in [0, 0.1) is 5.82 Å². The molecule has 2 heterocycles. The van der Waals surface area contributed by atoms with E-state index < -0.39 is 11.7 Å². The van der Waals surface area contributed by atoms with Crippen LogP contribution in [0.25, 0.3) is 11.3 Å². The minimum Gasteiger partial charge on any atom is -0.319 e. The molecule has 0 spiro atoms. The highest BCUT2D eigenvalue weighted by atomic mass is 35.5. The summed E-state index contributed by atoms with van der Waals surface area (Å²) in [4.78, 5) is 31.7. The van der Waals surface area contributed by atoms with Gasteiger partial charge in [-0.25, -0.2) is 19.0 Å². The Balaban J connectivity index is 1.89. The van der Waals surface area contributed by atoms with Crippen molar-refractivity contribution in [2.24, 2.45) is 7.05 Å². The van der Waals surface area contributed by atoms with E-state index in [0.29, 0.717) is 11.3 Å². The third kappa shape index (κ3) is 3.86. The molecule has 1 aromatic carbocycles. The van der Waals surface area contributed by atoms with Crippen LogP contribution < -0.4 is 10.9 Å². The largest absolute Gasteiger partial charge is 0.319 e. The molecule has 0 aliphatic carbocycles. The van der Waals surface area contributed by atoms with E-state index in [1.54, 1.807) is 0 Å². The van der Waals surface area contributed by atoms with E-state index >= 15 is 0 Å². The lowest BCUT2D eigenvalue weighted by molar-refractivity contribution is 0.102. The number of amides is 1. The lowest BCUT2D eigenvalue weighted by atomic mass is 10.1. The van der Waals surface area contributed by atoms with E-state index in [0.717, 1.165) is 4.68 Å². The molecule has 9 heteroatoms. The number of nitrogens with zero attached hydrogens (tertiary/aromatic N) is 4. The molecule has 0 aliphatic rings. The zero-order valence-electron chi connectivity index (χ0n) is 12.9. The van der Waals surface area contributed by atoms with E-state index in [2.05, 4.69) is 20.4 Å². The minimum atomic E-state index is -0.554. The number of carbonyl (C=O) groups is 1. The molecule has 3 rings (SSSR count). The average molecular weight is 360 g/mol. The number of carbonyl (C=O) groups excluding carboxylic acids is 1. The maximum atomic E-state index is 13.5. The molecule has 3 aromatic rings. The number of hydrogen-bond acceptors (Lipinski definition) is 5. The van der Waals surface area contributed by atoms with Gasteiger partial charge in [-0.1, -0.05) is 11.6 Å². The van der Waals surface area contributed by atoms with Gasteiger partial charge < -0.3 is 5.32 Å². The highest BCUT2D eigenvalue weighted by Crippen LogP contribution is 2.23. The van der Waals surface area contributed by atoms with E-state index in [1.165, 1.54) is 49.9 Å². The zero-order valence-corrected chi connectivity index (χ0v) is 13.7. The van der Waals surface area contributed by atoms with Gasteiger partial charge in [0.05, 0.1) is 17.6 Å². The van der Waals surface area contributed by atoms with Crippen LogP contribution in [0.2, 0.25) is 5.02 Å². The molecule has 0 aliphatic heterocycles. The Kier molecular flexibility index (Phi) is 4.53. The molecule has 2 aromatic heterocycles. The second-order valence-electron chi connectivity index (χ2n) is 5.11. The van der Waals surface area contributed by atoms with Gasteiger partial charge in [0.1, 0.15) is 17.8 Å². The normalized spacial score (nSPS) is 10.5. The van der Waals surface area contributed by atoms with Gasteiger partial charge >= 0.3 is 0 Å². The summed E-state index contributed by atoms with van der Waals surface area (Å²) in [7, 11) is 1.49. The van der Waals surface area contributed by atoms with E-state index in [-0.39, 0.29) is 22.0 Å². The minimum absolute atomic E-state index is 0.0473. The van der Waals surface area contributed by atoms with Crippen LogP contribution in [-0.2, 0) is 7.05 Å². The number of benzene rings is 1. The number of halogens is 2. The van der Waals surface area contributed by atoms with Crippen LogP contribution >= 0.6 is 11.6 Å². The fourth-order valence-electron chi connectivity index (χ4n) is 2.07. The maximum absolute atomic E-state index is 13.5. The first kappa shape index (κ1) is 16.7. The fraction of sp³-hybridized carbons (Fsp3) is 0.0625. The Morgan fingerprint density at radius 2 is 2.00 bits per heavy atom. The van der Waals surface area contributed by atoms with Crippen molar-refractivity contribution in [2.45, 2.75) is 0 Å². The van der Waals surface area contributed by atoms with Crippen molar-refractivity contribution in [1.82, 2.24) is 19.7 Å². The number of anilines is 1. The maximum Gasteiger partial charge on any atom is 0.274 e. The molecule has 0 saturated heterocycles. The van der Waals surface area contributed by atoms with Gasteiger partial charge in [0, 0.05) is 23.7 Å². The van der Waals surface area contributed by atoms with Crippen LogP contribution in [0.15, 0.2) is 47.7 Å². The summed E-state index contributed by atoms with van der Waals surface area (Å²) in [6.45, 7) is 0. The Hall–Kier alpha value is -3.13. The molecule has 0 fully saturated rings. The van der Waals surface area contributed by atoms with Crippen molar-refractivity contribution in [3.8, 4) is 11.3 Å². The number of rotatable bonds is 3. The number of aryl methyl sites for hydroxylation is 1. The summed E-state index contributed by atoms with van der Waals surface area (Å²) in [6, 6.07) is 6.58. The topological polar surface area (TPSA) is 89.8 Å². The Morgan fingerprint density at radius 1 is 1.20 bits per heavy atom. The monoisotopic (exact) mass is 359 g/mol. The predicted molar refractivity (Wildman–Crippen MR) is 89.9 cm³/mol. The molecule has 0 radical (unpaired) electrons. The van der Waals surface area contributed by atoms with Gasteiger partial charge in [-0.3, -0.25) is 9.59 Å². The van der Waals surface area contributed by atoms with E-state index in [9.17, 15) is 14.0 Å². The number of aromatic nitrogens is 4. The van der Waals surface area contributed by atoms with Crippen molar-refractivity contribution in [2.75, 3.05) is 5.32 Å². The van der Waals surface area contributed by atoms with Crippen LogP contribution in [0.4, 0.5) is 10.1 Å². The average Bonchev–Trinajstić information content (AvgIpc) is 2.57. The summed E-state index contributed by atoms with van der Waals surface area (Å²) in [5.74, 6) is -1.07. The van der Waals surface area contributed by atoms with Gasteiger partial charge in [-0.15, -0.1) is 0 Å². The van der Waals surface area contributed by atoms with E-state index in [4.69, 9.17) is 11.6 Å². The van der Waals surface area contributed by atoms with Crippen molar-refractivity contribution in [3.63, 3.8) is 0 Å². The second-order valence-corrected chi connectivity index (χ2v) is 5.54. The summed E-state index contributed by atoms with van der Waals surface area (Å²) < 4.78 is 14.6. The number of nitrogens with one attached hydrogen (secondary N) is 1. The van der Waals surface area contributed by atoms with Gasteiger partial charge in [-0.05, 0) is 24.3 Å². The molecule has 7 nitrogen and oxygen atoms in total. The molecule has 1 amide bonds. The van der Waals surface area contributed by atoms with E-state index in [1.807, 2.05) is 0 Å². The van der Waals surface area contributed by atoms with Gasteiger partial charge in [0.25, 0.3) is 11.5 Å². The zero-order chi connectivity index (χ0) is 18.0. The van der Waals surface area contributed by atoms with Crippen molar-refractivity contribution in [1.29, 1.82) is 0 Å². The molecule has 25 heavy (non-hydrogen) atoms. The Labute approximate surface area is 146 Å². The molecular formula is C16H11ClFN5O2. The standard InChI is InChI=1S/C16H11ClFN5O2/c1-23-15(24)5-12(7-21-23)22-16(25)14-6-13(19-8-20-14)9-2-10(17)4-11(18)3-9/h2-8H,1H3,(H,22,25). The van der Waals surface area contributed by atoms with Gasteiger partial charge in [0.15, 0.2) is 0 Å². The first-order valence-electron chi connectivity index (χ1n) is 7.05. The van der Waals surface area contributed by atoms with Crippen LogP contribution in [0.1, 0.15) is 10.5 Å². The molecule has 0 unspecified atom stereocenters. The van der Waals surface area contributed by atoms with Crippen LogP contribution in [-0.4, -0.2) is 25.7 Å². The SMILES string of the molecule is Cn1ncc(NC(=O)c2cc(-c3cc(F)cc(Cl)c3)ncn2)cc1=O.